The molecule has 2 heterocycles. The SMILES string of the molecule is NNC(c1ccsc1)c1cccnc1N. The van der Waals surface area contributed by atoms with E-state index in [-0.39, 0.29) is 6.04 Å². The molecule has 4 nitrogen and oxygen atoms in total. The number of aromatic nitrogens is 1. The van der Waals surface area contributed by atoms with Gasteiger partial charge in [0.25, 0.3) is 0 Å². The lowest BCUT2D eigenvalue weighted by molar-refractivity contribution is 0.638. The fourth-order valence-electron chi connectivity index (χ4n) is 1.48. The van der Waals surface area contributed by atoms with Crippen molar-refractivity contribution in [3.63, 3.8) is 0 Å². The zero-order chi connectivity index (χ0) is 10.7. The van der Waals surface area contributed by atoms with Crippen LogP contribution >= 0.6 is 11.3 Å². The summed E-state index contributed by atoms with van der Waals surface area (Å²) in [6, 6.07) is 5.69. The number of hydrogen-bond acceptors (Lipinski definition) is 5. The lowest BCUT2D eigenvalue weighted by Crippen LogP contribution is -2.29. The van der Waals surface area contributed by atoms with Crippen LogP contribution in [0.4, 0.5) is 5.82 Å². The number of pyridine rings is 1. The summed E-state index contributed by atoms with van der Waals surface area (Å²) < 4.78 is 0. The monoisotopic (exact) mass is 220 g/mol. The summed E-state index contributed by atoms with van der Waals surface area (Å²) in [6.45, 7) is 0. The number of hydrazine groups is 1. The highest BCUT2D eigenvalue weighted by Gasteiger charge is 2.15. The molecule has 0 bridgehead atoms. The van der Waals surface area contributed by atoms with E-state index in [2.05, 4.69) is 10.4 Å². The van der Waals surface area contributed by atoms with Crippen molar-refractivity contribution in [3.8, 4) is 0 Å². The summed E-state index contributed by atoms with van der Waals surface area (Å²) in [4.78, 5) is 4.04. The van der Waals surface area contributed by atoms with E-state index in [1.807, 2.05) is 29.0 Å². The molecule has 15 heavy (non-hydrogen) atoms. The van der Waals surface area contributed by atoms with Gasteiger partial charge >= 0.3 is 0 Å². The third-order valence-corrected chi connectivity index (χ3v) is 2.93. The van der Waals surface area contributed by atoms with Crippen LogP contribution in [0.2, 0.25) is 0 Å². The van der Waals surface area contributed by atoms with Crippen LogP contribution in [0.1, 0.15) is 17.2 Å². The van der Waals surface area contributed by atoms with Crippen molar-refractivity contribution < 1.29 is 0 Å². The number of hydrogen-bond donors (Lipinski definition) is 3. The van der Waals surface area contributed by atoms with Crippen LogP contribution in [-0.4, -0.2) is 4.98 Å². The van der Waals surface area contributed by atoms with Crippen LogP contribution < -0.4 is 17.0 Å². The first-order chi connectivity index (χ1) is 7.33. The van der Waals surface area contributed by atoms with E-state index < -0.39 is 0 Å². The first kappa shape index (κ1) is 10.1. The Balaban J connectivity index is 2.40. The van der Waals surface area contributed by atoms with Crippen molar-refractivity contribution in [1.29, 1.82) is 0 Å². The fourth-order valence-corrected chi connectivity index (χ4v) is 2.16. The second-order valence-corrected chi connectivity index (χ2v) is 3.91. The lowest BCUT2D eigenvalue weighted by Gasteiger charge is -2.16. The van der Waals surface area contributed by atoms with Crippen LogP contribution in [0, 0.1) is 0 Å². The maximum Gasteiger partial charge on any atom is 0.128 e. The van der Waals surface area contributed by atoms with Gasteiger partial charge in [0.05, 0.1) is 6.04 Å². The summed E-state index contributed by atoms with van der Waals surface area (Å²) >= 11 is 1.63. The van der Waals surface area contributed by atoms with Gasteiger partial charge in [-0.15, -0.1) is 0 Å². The van der Waals surface area contributed by atoms with Crippen molar-refractivity contribution in [2.24, 2.45) is 5.84 Å². The highest BCUT2D eigenvalue weighted by molar-refractivity contribution is 7.08. The Kier molecular flexibility index (Phi) is 2.96. The summed E-state index contributed by atoms with van der Waals surface area (Å²) in [5, 5.41) is 4.04. The summed E-state index contributed by atoms with van der Waals surface area (Å²) in [5.74, 6) is 6.04. The van der Waals surface area contributed by atoms with Crippen molar-refractivity contribution in [1.82, 2.24) is 10.4 Å². The molecule has 2 rings (SSSR count). The van der Waals surface area contributed by atoms with Gasteiger partial charge in [-0.25, -0.2) is 10.4 Å². The van der Waals surface area contributed by atoms with Gasteiger partial charge in [-0.1, -0.05) is 6.07 Å². The van der Waals surface area contributed by atoms with Gasteiger partial charge in [0.15, 0.2) is 0 Å². The molecule has 5 N–H and O–H groups in total. The number of nitrogens with two attached hydrogens (primary N) is 2. The number of rotatable bonds is 3. The number of nitrogen functional groups attached to an aromatic ring is 1. The molecule has 0 aromatic carbocycles. The quantitative estimate of drug-likeness (QED) is 0.538. The molecule has 0 fully saturated rings. The third-order valence-electron chi connectivity index (χ3n) is 2.23. The maximum absolute atomic E-state index is 5.80. The first-order valence-electron chi connectivity index (χ1n) is 4.51. The minimum atomic E-state index is -0.0926. The van der Waals surface area contributed by atoms with Crippen LogP contribution in [0.5, 0.6) is 0 Å². The Hall–Kier alpha value is -1.43. The van der Waals surface area contributed by atoms with Gasteiger partial charge in [0.1, 0.15) is 5.82 Å². The zero-order valence-corrected chi connectivity index (χ0v) is 8.87. The molecule has 2 aromatic rings. The standard InChI is InChI=1S/C10H12N4S/c11-10-8(2-1-4-13-10)9(14-12)7-3-5-15-6-7/h1-6,9,14H,12H2,(H2,11,13). The number of nitrogens with zero attached hydrogens (tertiary/aromatic N) is 1. The van der Waals surface area contributed by atoms with Gasteiger partial charge < -0.3 is 5.73 Å². The molecule has 0 aliphatic carbocycles. The Morgan fingerprint density at radius 2 is 2.27 bits per heavy atom. The van der Waals surface area contributed by atoms with Gasteiger partial charge in [0, 0.05) is 11.8 Å². The van der Waals surface area contributed by atoms with Crippen LogP contribution in [-0.2, 0) is 0 Å². The number of thiophene rings is 1. The lowest BCUT2D eigenvalue weighted by atomic mass is 10.0. The molecule has 78 valence electrons. The van der Waals surface area contributed by atoms with Crippen LogP contribution in [0.3, 0.4) is 0 Å². The van der Waals surface area contributed by atoms with E-state index in [1.54, 1.807) is 17.5 Å². The molecular formula is C10H12N4S. The summed E-state index contributed by atoms with van der Waals surface area (Å²) in [5.41, 5.74) is 10.5. The molecule has 0 spiro atoms. The highest BCUT2D eigenvalue weighted by Crippen LogP contribution is 2.25. The Bertz CT molecular complexity index is 427. The molecule has 2 aromatic heterocycles. The van der Waals surface area contributed by atoms with Crippen molar-refractivity contribution in [2.45, 2.75) is 6.04 Å². The van der Waals surface area contributed by atoms with E-state index >= 15 is 0 Å². The highest BCUT2D eigenvalue weighted by atomic mass is 32.1. The first-order valence-corrected chi connectivity index (χ1v) is 5.46. The Morgan fingerprint density at radius 3 is 2.87 bits per heavy atom. The molecular weight excluding hydrogens is 208 g/mol. The van der Waals surface area contributed by atoms with Crippen molar-refractivity contribution in [2.75, 3.05) is 5.73 Å². The predicted octanol–water partition coefficient (Wildman–Crippen LogP) is 1.28. The van der Waals surface area contributed by atoms with E-state index in [0.717, 1.165) is 11.1 Å². The van der Waals surface area contributed by atoms with Crippen molar-refractivity contribution >= 4 is 17.2 Å². The summed E-state index contributed by atoms with van der Waals surface area (Å²) in [7, 11) is 0. The van der Waals surface area contributed by atoms with E-state index in [0.29, 0.717) is 5.82 Å². The average Bonchev–Trinajstić information content (AvgIpc) is 2.75. The van der Waals surface area contributed by atoms with Crippen LogP contribution in [0.15, 0.2) is 35.2 Å². The molecule has 5 heteroatoms. The summed E-state index contributed by atoms with van der Waals surface area (Å²) in [6.07, 6.45) is 1.67. The average molecular weight is 220 g/mol. The van der Waals surface area contributed by atoms with Crippen LogP contribution in [0.25, 0.3) is 0 Å². The number of anilines is 1. The molecule has 0 saturated heterocycles. The third kappa shape index (κ3) is 1.99. The molecule has 0 amide bonds. The van der Waals surface area contributed by atoms with Gasteiger partial charge in [-0.05, 0) is 28.5 Å². The zero-order valence-electron chi connectivity index (χ0n) is 8.05. The largest absolute Gasteiger partial charge is 0.383 e. The second kappa shape index (κ2) is 4.39. The van der Waals surface area contributed by atoms with E-state index in [1.165, 1.54) is 0 Å². The van der Waals surface area contributed by atoms with Gasteiger partial charge in [-0.3, -0.25) is 5.84 Å². The topological polar surface area (TPSA) is 77.0 Å². The van der Waals surface area contributed by atoms with Crippen molar-refractivity contribution in [3.05, 3.63) is 46.3 Å². The fraction of sp³-hybridized carbons (Fsp3) is 0.100. The number of nitrogens with one attached hydrogen (secondary N) is 1. The molecule has 0 radical (unpaired) electrons. The Morgan fingerprint density at radius 1 is 1.40 bits per heavy atom. The minimum absolute atomic E-state index is 0.0926. The Labute approximate surface area is 91.9 Å². The van der Waals surface area contributed by atoms with Gasteiger partial charge in [-0.2, -0.15) is 11.3 Å². The molecule has 0 saturated carbocycles. The molecule has 1 atom stereocenters. The van der Waals surface area contributed by atoms with E-state index in [4.69, 9.17) is 11.6 Å². The molecule has 1 unspecified atom stereocenters. The van der Waals surface area contributed by atoms with Gasteiger partial charge in [0.2, 0.25) is 0 Å². The molecule has 0 aliphatic rings. The smallest absolute Gasteiger partial charge is 0.128 e. The molecule has 0 aliphatic heterocycles. The second-order valence-electron chi connectivity index (χ2n) is 3.13. The minimum Gasteiger partial charge on any atom is -0.383 e. The predicted molar refractivity (Wildman–Crippen MR) is 62.1 cm³/mol. The maximum atomic E-state index is 5.80. The van der Waals surface area contributed by atoms with E-state index in [9.17, 15) is 0 Å². The normalized spacial score (nSPS) is 12.6.